The molecule has 0 spiro atoms. The number of aliphatic hydroxyl groups excluding tert-OH is 2. The average Bonchev–Trinajstić information content (AvgIpc) is 2.61. The predicted octanol–water partition coefficient (Wildman–Crippen LogP) is 1.38. The van der Waals surface area contributed by atoms with Crippen LogP contribution in [-0.2, 0) is 6.54 Å². The van der Waals surface area contributed by atoms with Crippen molar-refractivity contribution in [3.8, 4) is 0 Å². The molecule has 1 aromatic heterocycles. The molecule has 6 nitrogen and oxygen atoms in total. The number of aromatic nitrogens is 2. The molecule has 2 fully saturated rings. The predicted molar refractivity (Wildman–Crippen MR) is 99.9 cm³/mol. The Labute approximate surface area is 153 Å². The van der Waals surface area contributed by atoms with Gasteiger partial charge >= 0.3 is 0 Å². The molecule has 2 aliphatic rings. The van der Waals surface area contributed by atoms with E-state index in [1.54, 1.807) is 17.0 Å². The van der Waals surface area contributed by atoms with Crippen LogP contribution in [0, 0.1) is 5.92 Å². The van der Waals surface area contributed by atoms with Gasteiger partial charge in [0, 0.05) is 24.0 Å². The summed E-state index contributed by atoms with van der Waals surface area (Å²) >= 11 is 0. The van der Waals surface area contributed by atoms with Crippen LogP contribution in [0.4, 0.5) is 0 Å². The fourth-order valence-corrected chi connectivity index (χ4v) is 4.93. The van der Waals surface area contributed by atoms with Crippen LogP contribution in [0.1, 0.15) is 33.1 Å². The van der Waals surface area contributed by atoms with Gasteiger partial charge < -0.3 is 10.2 Å². The van der Waals surface area contributed by atoms with Gasteiger partial charge in [-0.2, -0.15) is 0 Å². The van der Waals surface area contributed by atoms with Gasteiger partial charge in [-0.1, -0.05) is 12.1 Å². The van der Waals surface area contributed by atoms with E-state index in [1.807, 2.05) is 18.2 Å². The second-order valence-electron chi connectivity index (χ2n) is 8.25. The van der Waals surface area contributed by atoms with Gasteiger partial charge in [0.05, 0.1) is 29.4 Å². The number of hydrogen-bond donors (Lipinski definition) is 2. The van der Waals surface area contributed by atoms with Crippen molar-refractivity contribution in [2.45, 2.75) is 63.4 Å². The Morgan fingerprint density at radius 3 is 2.81 bits per heavy atom. The minimum absolute atomic E-state index is 0.00329. The van der Waals surface area contributed by atoms with Crippen LogP contribution >= 0.6 is 0 Å². The third-order valence-electron chi connectivity index (χ3n) is 6.46. The summed E-state index contributed by atoms with van der Waals surface area (Å²) in [7, 11) is 0. The van der Waals surface area contributed by atoms with Gasteiger partial charge in [0.2, 0.25) is 0 Å². The summed E-state index contributed by atoms with van der Waals surface area (Å²) in [5.74, 6) is -0.107. The fraction of sp³-hybridized carbons (Fsp3) is 0.600. The van der Waals surface area contributed by atoms with E-state index in [0.717, 1.165) is 19.4 Å². The van der Waals surface area contributed by atoms with Gasteiger partial charge in [0.25, 0.3) is 5.56 Å². The molecule has 26 heavy (non-hydrogen) atoms. The smallest absolute Gasteiger partial charge is 0.261 e. The molecule has 0 saturated carbocycles. The van der Waals surface area contributed by atoms with Crippen molar-refractivity contribution in [2.24, 2.45) is 5.92 Å². The largest absolute Gasteiger partial charge is 0.393 e. The van der Waals surface area contributed by atoms with E-state index in [0.29, 0.717) is 23.9 Å². The zero-order valence-corrected chi connectivity index (χ0v) is 15.4. The third-order valence-corrected chi connectivity index (χ3v) is 6.46. The maximum Gasteiger partial charge on any atom is 0.261 e. The number of benzene rings is 1. The molecule has 3 heterocycles. The zero-order valence-electron chi connectivity index (χ0n) is 15.4. The summed E-state index contributed by atoms with van der Waals surface area (Å²) < 4.78 is 1.62. The number of piperidine rings is 2. The summed E-state index contributed by atoms with van der Waals surface area (Å²) in [4.78, 5) is 19.6. The number of hydrogen-bond acceptors (Lipinski definition) is 5. The van der Waals surface area contributed by atoms with E-state index in [4.69, 9.17) is 0 Å². The number of para-hydroxylation sites is 1. The quantitative estimate of drug-likeness (QED) is 0.849. The van der Waals surface area contributed by atoms with Gasteiger partial charge in [0.15, 0.2) is 0 Å². The molecule has 2 saturated heterocycles. The molecule has 0 unspecified atom stereocenters. The summed E-state index contributed by atoms with van der Waals surface area (Å²) in [5, 5.41) is 21.8. The highest BCUT2D eigenvalue weighted by Gasteiger charge is 2.50. The Morgan fingerprint density at radius 1 is 1.23 bits per heavy atom. The summed E-state index contributed by atoms with van der Waals surface area (Å²) in [6.45, 7) is 5.57. The summed E-state index contributed by atoms with van der Waals surface area (Å²) in [6, 6.07) is 7.33. The van der Waals surface area contributed by atoms with E-state index in [9.17, 15) is 15.0 Å². The van der Waals surface area contributed by atoms with Crippen molar-refractivity contribution in [3.63, 3.8) is 0 Å². The monoisotopic (exact) mass is 357 g/mol. The normalized spacial score (nSPS) is 31.7. The van der Waals surface area contributed by atoms with E-state index in [1.165, 1.54) is 0 Å². The first-order chi connectivity index (χ1) is 12.4. The molecule has 0 radical (unpaired) electrons. The molecule has 0 amide bonds. The minimum atomic E-state index is -0.558. The first kappa shape index (κ1) is 17.6. The Kier molecular flexibility index (Phi) is 4.37. The number of aliphatic hydroxyl groups is 2. The van der Waals surface area contributed by atoms with Crippen LogP contribution in [-0.4, -0.2) is 55.0 Å². The second kappa shape index (κ2) is 6.44. The first-order valence-electron chi connectivity index (χ1n) is 9.46. The molecular formula is C20H27N3O3. The van der Waals surface area contributed by atoms with Gasteiger partial charge in [-0.05, 0) is 51.8 Å². The molecule has 2 aromatic rings. The Bertz CT molecular complexity index is 863. The van der Waals surface area contributed by atoms with Crippen LogP contribution in [0.25, 0.3) is 10.9 Å². The number of nitrogens with zero attached hydrogens (tertiary/aromatic N) is 3. The molecule has 140 valence electrons. The molecule has 2 N–H and O–H groups in total. The van der Waals surface area contributed by atoms with E-state index in [2.05, 4.69) is 23.7 Å². The fourth-order valence-electron chi connectivity index (χ4n) is 4.93. The van der Waals surface area contributed by atoms with Crippen molar-refractivity contribution in [1.29, 1.82) is 0 Å². The molecule has 4 rings (SSSR count). The second-order valence-corrected chi connectivity index (χ2v) is 8.25. The van der Waals surface area contributed by atoms with Crippen LogP contribution in [0.3, 0.4) is 0 Å². The Morgan fingerprint density at radius 2 is 2.00 bits per heavy atom. The Hall–Kier alpha value is -1.76. The SMILES string of the molecule is CC1(C)[C@H](Cn2cnc3ccccc3c2=O)[C@@H](O)C[C@H]2[C@@H](O)CCCN21. The van der Waals surface area contributed by atoms with E-state index < -0.39 is 6.10 Å². The third kappa shape index (κ3) is 2.76. The highest BCUT2D eigenvalue weighted by atomic mass is 16.3. The summed E-state index contributed by atoms with van der Waals surface area (Å²) in [5.41, 5.74) is 0.310. The number of rotatable bonds is 2. The van der Waals surface area contributed by atoms with Crippen LogP contribution in [0.2, 0.25) is 0 Å². The topological polar surface area (TPSA) is 78.6 Å². The molecular weight excluding hydrogens is 330 g/mol. The molecule has 0 aliphatic carbocycles. The van der Waals surface area contributed by atoms with Gasteiger partial charge in [-0.15, -0.1) is 0 Å². The maximum absolute atomic E-state index is 12.8. The highest BCUT2D eigenvalue weighted by molar-refractivity contribution is 5.76. The Balaban J connectivity index is 1.67. The van der Waals surface area contributed by atoms with Crippen LogP contribution in [0.5, 0.6) is 0 Å². The lowest BCUT2D eigenvalue weighted by molar-refractivity contribution is -0.142. The number of fused-ring (bicyclic) bond motifs is 2. The lowest BCUT2D eigenvalue weighted by Crippen LogP contribution is -2.67. The lowest BCUT2D eigenvalue weighted by atomic mass is 9.71. The van der Waals surface area contributed by atoms with Gasteiger partial charge in [-0.25, -0.2) is 4.98 Å². The summed E-state index contributed by atoms with van der Waals surface area (Å²) in [6.07, 6.45) is 2.95. The molecule has 6 heteroatoms. The standard InChI is InChI=1S/C20H27N3O3/c1-20(2)14(18(25)10-16-17(24)8-5-9-23(16)20)11-22-12-21-15-7-4-3-6-13(15)19(22)26/h3-4,6-7,12,14,16-18,24-25H,5,8-11H2,1-2H3/t14-,16+,17+,18+/m1/s1. The van der Waals surface area contributed by atoms with Gasteiger partial charge in [0.1, 0.15) is 0 Å². The molecule has 4 atom stereocenters. The van der Waals surface area contributed by atoms with Gasteiger partial charge in [-0.3, -0.25) is 14.3 Å². The van der Waals surface area contributed by atoms with Crippen LogP contribution in [0.15, 0.2) is 35.4 Å². The van der Waals surface area contributed by atoms with E-state index >= 15 is 0 Å². The van der Waals surface area contributed by atoms with Crippen molar-refractivity contribution < 1.29 is 10.2 Å². The first-order valence-corrected chi connectivity index (χ1v) is 9.46. The maximum atomic E-state index is 12.8. The molecule has 1 aromatic carbocycles. The lowest BCUT2D eigenvalue weighted by Gasteiger charge is -2.57. The molecule has 2 aliphatic heterocycles. The van der Waals surface area contributed by atoms with Crippen molar-refractivity contribution >= 4 is 10.9 Å². The van der Waals surface area contributed by atoms with Crippen LogP contribution < -0.4 is 5.56 Å². The van der Waals surface area contributed by atoms with E-state index in [-0.39, 0.29) is 29.2 Å². The zero-order chi connectivity index (χ0) is 18.5. The van der Waals surface area contributed by atoms with Crippen molar-refractivity contribution in [3.05, 3.63) is 40.9 Å². The van der Waals surface area contributed by atoms with Crippen molar-refractivity contribution in [2.75, 3.05) is 6.54 Å². The average molecular weight is 357 g/mol. The molecule has 0 bridgehead atoms. The van der Waals surface area contributed by atoms with Crippen molar-refractivity contribution in [1.82, 2.24) is 14.5 Å². The highest BCUT2D eigenvalue weighted by Crippen LogP contribution is 2.41. The minimum Gasteiger partial charge on any atom is -0.393 e.